The highest BCUT2D eigenvalue weighted by Crippen LogP contribution is 2.46. The van der Waals surface area contributed by atoms with Crippen molar-refractivity contribution < 1.29 is 168 Å². The minimum Gasteiger partial charge on any atom is -0.460 e. The van der Waals surface area contributed by atoms with E-state index < -0.39 is 252 Å². The number of aliphatic hydroxyl groups excluding tert-OH is 19. The van der Waals surface area contributed by atoms with Gasteiger partial charge in [0.25, 0.3) is 0 Å². The van der Waals surface area contributed by atoms with Gasteiger partial charge in [-0.05, 0) is 120 Å². The first-order chi connectivity index (χ1) is 47.6. The molecule has 0 aromatic carbocycles. The summed E-state index contributed by atoms with van der Waals surface area (Å²) in [6.45, 7) is -2.81. The molecular weight excluding hydrogens is 1340 g/mol. The number of allylic oxidation sites excluding steroid dienone is 3. The van der Waals surface area contributed by atoms with Crippen LogP contribution in [0.4, 0.5) is 0 Å². The number of carbonyl (C=O) groups excluding carboxylic acids is 3. The number of fused-ring (bicyclic) bond motifs is 1. The topological polar surface area (TPSA) is 546 Å². The molecule has 0 aromatic rings. The lowest BCUT2D eigenvalue weighted by Crippen LogP contribution is -2.66. The molecule has 0 amide bonds. The summed E-state index contributed by atoms with van der Waals surface area (Å²) in [6.07, 6.45) is -35.3. The van der Waals surface area contributed by atoms with Gasteiger partial charge in [0.2, 0.25) is 0 Å². The van der Waals surface area contributed by atoms with E-state index in [1.807, 2.05) is 0 Å². The molecule has 5 saturated heterocycles. The Morgan fingerprint density at radius 3 is 1.22 bits per heavy atom. The smallest absolute Gasteiger partial charge is 0.330 e. The summed E-state index contributed by atoms with van der Waals surface area (Å²) in [5.74, 6) is -4.71. The zero-order valence-electron chi connectivity index (χ0n) is 55.1. The van der Waals surface area contributed by atoms with E-state index in [1.165, 1.54) is 18.2 Å². The van der Waals surface area contributed by atoms with E-state index in [1.54, 1.807) is 0 Å². The van der Waals surface area contributed by atoms with Crippen LogP contribution >= 0.6 is 0 Å². The quantitative estimate of drug-likeness (QED) is 0.0272. The van der Waals surface area contributed by atoms with E-state index >= 15 is 0 Å². The number of ether oxygens (including phenoxy) is 12. The lowest BCUT2D eigenvalue weighted by Gasteiger charge is -2.52. The third-order valence-electron chi connectivity index (χ3n) is 21.5. The predicted molar refractivity (Wildman–Crippen MR) is 330 cm³/mol. The molecule has 15 unspecified atom stereocenters. The summed E-state index contributed by atoms with van der Waals surface area (Å²) < 4.78 is 72.0. The Balaban J connectivity index is 0.810. The minimum atomic E-state index is -2.10. The number of hydrogen-bond acceptors (Lipinski definition) is 34. The van der Waals surface area contributed by atoms with Gasteiger partial charge >= 0.3 is 17.9 Å². The summed E-state index contributed by atoms with van der Waals surface area (Å²) in [7, 11) is 0. The Morgan fingerprint density at radius 2 is 0.750 bits per heavy atom. The molecule has 0 aromatic heterocycles. The van der Waals surface area contributed by atoms with Crippen LogP contribution in [-0.4, -0.2) is 337 Å². The zero-order valence-corrected chi connectivity index (χ0v) is 55.1. The van der Waals surface area contributed by atoms with Gasteiger partial charge in [-0.2, -0.15) is 0 Å². The van der Waals surface area contributed by atoms with Gasteiger partial charge in [-0.25, -0.2) is 14.4 Å². The lowest BCUT2D eigenvalue weighted by molar-refractivity contribution is -0.380. The molecule has 100 heavy (non-hydrogen) atoms. The second-order valence-electron chi connectivity index (χ2n) is 28.6. The Bertz CT molecular complexity index is 2680. The van der Waals surface area contributed by atoms with Gasteiger partial charge in [-0.15, -0.1) is 0 Å². The van der Waals surface area contributed by atoms with Crippen LogP contribution in [0.1, 0.15) is 103 Å². The molecule has 10 fully saturated rings. The van der Waals surface area contributed by atoms with Crippen LogP contribution in [0.25, 0.3) is 0 Å². The first kappa shape index (κ1) is 79.1. The van der Waals surface area contributed by atoms with E-state index in [2.05, 4.69) is 0 Å². The molecule has 19 N–H and O–H groups in total. The summed E-state index contributed by atoms with van der Waals surface area (Å²) >= 11 is 0. The second-order valence-corrected chi connectivity index (χ2v) is 28.6. The van der Waals surface area contributed by atoms with Gasteiger partial charge in [0.15, 0.2) is 25.2 Å². The van der Waals surface area contributed by atoms with Crippen molar-refractivity contribution >= 4 is 17.9 Å². The number of aliphatic hydroxyl groups is 19. The first-order valence-electron chi connectivity index (χ1n) is 34.9. The molecule has 34 nitrogen and oxygen atoms in total. The number of hydrogen-bond donors (Lipinski definition) is 19. The van der Waals surface area contributed by atoms with Gasteiger partial charge in [0.1, 0.15) is 117 Å². The maximum absolute atomic E-state index is 13.6. The average molecular weight is 1440 g/mol. The normalized spacial score (nSPS) is 48.3. The zero-order chi connectivity index (χ0) is 72.0. The van der Waals surface area contributed by atoms with Crippen LogP contribution in [0.5, 0.6) is 0 Å². The molecule has 5 saturated carbocycles. The fourth-order valence-electron chi connectivity index (χ4n) is 15.4. The van der Waals surface area contributed by atoms with Crippen LogP contribution in [0.15, 0.2) is 36.5 Å². The summed E-state index contributed by atoms with van der Waals surface area (Å²) in [6, 6.07) is 0. The maximum atomic E-state index is 13.6. The highest BCUT2D eigenvalue weighted by molar-refractivity contribution is 5.82. The van der Waals surface area contributed by atoms with Crippen molar-refractivity contribution in [2.24, 2.45) is 29.6 Å². The predicted octanol–water partition coefficient (Wildman–Crippen LogP) is -6.63. The Hall–Kier alpha value is -3.49. The minimum absolute atomic E-state index is 0.00153. The molecule has 34 heteroatoms. The summed E-state index contributed by atoms with van der Waals surface area (Å²) in [5.41, 5.74) is 0. The maximum Gasteiger partial charge on any atom is 0.330 e. The number of carbonyl (C=O) groups is 3. The van der Waals surface area contributed by atoms with E-state index in [0.29, 0.717) is 51.4 Å². The van der Waals surface area contributed by atoms with Gasteiger partial charge in [-0.3, -0.25) is 0 Å². The average Bonchev–Trinajstić information content (AvgIpc) is 0.767. The highest BCUT2D eigenvalue weighted by atomic mass is 16.8. The largest absolute Gasteiger partial charge is 0.460 e. The molecule has 5 aliphatic carbocycles. The Labute approximate surface area is 575 Å². The third kappa shape index (κ3) is 19.6. The van der Waals surface area contributed by atoms with Crippen molar-refractivity contribution in [3.63, 3.8) is 0 Å². The molecule has 10 rings (SSSR count). The number of esters is 3. The van der Waals surface area contributed by atoms with Crippen LogP contribution in [0.3, 0.4) is 0 Å². The summed E-state index contributed by atoms with van der Waals surface area (Å²) in [5, 5.41) is 205. The number of rotatable bonds is 22. The van der Waals surface area contributed by atoms with E-state index in [0.717, 1.165) is 18.2 Å². The van der Waals surface area contributed by atoms with E-state index in [-0.39, 0.29) is 69.1 Å². The van der Waals surface area contributed by atoms with E-state index in [9.17, 15) is 111 Å². The van der Waals surface area contributed by atoms with Gasteiger partial charge < -0.3 is 154 Å². The van der Waals surface area contributed by atoms with Crippen molar-refractivity contribution in [3.05, 3.63) is 36.5 Å². The molecular formula is C66H102O34. The third-order valence-corrected chi connectivity index (χ3v) is 21.5. The monoisotopic (exact) mass is 1440 g/mol. The van der Waals surface area contributed by atoms with Gasteiger partial charge in [0, 0.05) is 30.6 Å². The lowest BCUT2D eigenvalue weighted by atomic mass is 9.73. The van der Waals surface area contributed by atoms with Crippen LogP contribution in [0.2, 0.25) is 0 Å². The van der Waals surface area contributed by atoms with Crippen LogP contribution < -0.4 is 0 Å². The van der Waals surface area contributed by atoms with Crippen molar-refractivity contribution in [2.75, 3.05) is 26.4 Å². The molecule has 35 atom stereocenters. The van der Waals surface area contributed by atoms with Crippen molar-refractivity contribution in [1.82, 2.24) is 0 Å². The molecule has 570 valence electrons. The van der Waals surface area contributed by atoms with Crippen molar-refractivity contribution in [2.45, 2.75) is 299 Å². The standard InChI is InChI=1S/C66H102O34/c67-23-43-50(78)54(82)58(86)64(96-43)94-41-21-32(69)20-40-33(41)22-42(61(92-40)30-7-9-31(68)10-8-30)95-66-62(100-65-60(88)56(84)52(80)45(98-65)25-90-48(76)15-5-28-2-12-35(71)37(73)18-28)57(85)53(81)46(99-66)26-91-49(77)16-6-29-3-13-39(38(74)19-29)93-63-59(87)55(83)51(79)44(97-63)24-89-47(75)14-4-27-1-11-34(70)36(72)17-27/h4-6,14-16,27-46,50-74,78-88H,1-3,7-13,17-26H2/t27?,28?,29?,30?,31?,32?,33?,34?,35?,36?,37?,38?,39?,40?,41?,42?,43-,44-,45-,46-,50-,51-,52-,53-,54+,55+,56+,57+,58-,59-,60-,61?,62-,63-,64-,65+,66-/m1/s1. The fraction of sp³-hybridized carbons (Fsp3) is 0.864. The van der Waals surface area contributed by atoms with Gasteiger partial charge in [-0.1, -0.05) is 18.2 Å². The van der Waals surface area contributed by atoms with Crippen LogP contribution in [0, 0.1) is 29.6 Å². The van der Waals surface area contributed by atoms with E-state index in [4.69, 9.17) is 56.8 Å². The molecule has 0 radical (unpaired) electrons. The molecule has 5 aliphatic heterocycles. The Morgan fingerprint density at radius 1 is 0.340 bits per heavy atom. The molecule has 0 spiro atoms. The Kier molecular flexibility index (Phi) is 28.3. The van der Waals surface area contributed by atoms with Gasteiger partial charge in [0.05, 0.1) is 79.9 Å². The molecule has 0 bridgehead atoms. The molecule has 10 aliphatic rings. The van der Waals surface area contributed by atoms with Crippen LogP contribution in [-0.2, 0) is 71.2 Å². The van der Waals surface area contributed by atoms with Crippen molar-refractivity contribution in [1.29, 1.82) is 0 Å². The first-order valence-corrected chi connectivity index (χ1v) is 34.9. The highest BCUT2D eigenvalue weighted by Gasteiger charge is 2.57. The SMILES string of the molecule is O=C(C=CC1CCC(O)C(O)C1)OC[C@H]1O[C@@H](OC2CCC(C=CC(=O)OC[C@H]3O[C@@H](OC4CC5C(CC(O)CC5O[C@@H]5O[C@H](CO)[C@@H](O)[C@H](O)[C@H]5O)OC4C4CCC(O)CC4)[C@H](O[C@@H]4O[C@H](COC(=O)C=CC5CCC(O)C(O)C5)[C@@H](O)[C@H](O)[C@H]4O)[C@@H](O)[C@@H]3O)CC2O)[C@H](O)[C@@H](O)[C@@H]1O. The molecule has 5 heterocycles. The fourth-order valence-corrected chi connectivity index (χ4v) is 15.4. The summed E-state index contributed by atoms with van der Waals surface area (Å²) in [4.78, 5) is 39.1. The van der Waals surface area contributed by atoms with Crippen molar-refractivity contribution in [3.8, 4) is 0 Å². The second kappa shape index (κ2) is 35.7.